The quantitative estimate of drug-likeness (QED) is 0.906. The predicted octanol–water partition coefficient (Wildman–Crippen LogP) is 3.30. The van der Waals surface area contributed by atoms with Crippen LogP contribution in [0.25, 0.3) is 0 Å². The molecular formula is C21H21N3O2. The van der Waals surface area contributed by atoms with E-state index in [4.69, 9.17) is 0 Å². The van der Waals surface area contributed by atoms with E-state index >= 15 is 0 Å². The van der Waals surface area contributed by atoms with Gasteiger partial charge in [-0.3, -0.25) is 9.69 Å². The zero-order valence-corrected chi connectivity index (χ0v) is 15.1. The average molecular weight is 347 g/mol. The predicted molar refractivity (Wildman–Crippen MR) is 101 cm³/mol. The number of nitrogens with one attached hydrogen (secondary N) is 1. The molecule has 2 aromatic carbocycles. The van der Waals surface area contributed by atoms with E-state index in [2.05, 4.69) is 5.32 Å². The van der Waals surface area contributed by atoms with Gasteiger partial charge >= 0.3 is 6.03 Å². The number of amides is 3. The lowest BCUT2D eigenvalue weighted by Crippen LogP contribution is -2.45. The van der Waals surface area contributed by atoms with Crippen LogP contribution in [0.4, 0.5) is 10.5 Å². The fourth-order valence-corrected chi connectivity index (χ4v) is 3.67. The van der Waals surface area contributed by atoms with Crippen LogP contribution in [-0.4, -0.2) is 30.4 Å². The third-order valence-electron chi connectivity index (χ3n) is 5.15. The second kappa shape index (κ2) is 6.02. The highest BCUT2D eigenvalue weighted by atomic mass is 16.2. The first kappa shape index (κ1) is 16.4. The van der Waals surface area contributed by atoms with Crippen molar-refractivity contribution in [3.8, 4) is 0 Å². The zero-order valence-electron chi connectivity index (χ0n) is 15.1. The summed E-state index contributed by atoms with van der Waals surface area (Å²) in [5, 5.41) is 2.96. The van der Waals surface area contributed by atoms with Gasteiger partial charge in [-0.05, 0) is 36.6 Å². The van der Waals surface area contributed by atoms with Gasteiger partial charge in [0.15, 0.2) is 0 Å². The van der Waals surface area contributed by atoms with Crippen molar-refractivity contribution in [2.45, 2.75) is 19.9 Å². The molecule has 2 aliphatic rings. The summed E-state index contributed by atoms with van der Waals surface area (Å²) in [5.41, 5.74) is 5.38. The topological polar surface area (TPSA) is 52.7 Å². The molecule has 0 saturated carbocycles. The van der Waals surface area contributed by atoms with Crippen molar-refractivity contribution in [3.63, 3.8) is 0 Å². The second-order valence-corrected chi connectivity index (χ2v) is 6.89. The molecule has 5 heteroatoms. The molecule has 2 heterocycles. The Balaban J connectivity index is 1.79. The van der Waals surface area contributed by atoms with E-state index in [1.807, 2.05) is 62.4 Å². The number of carbonyl (C=O) groups is 2. The summed E-state index contributed by atoms with van der Waals surface area (Å²) in [7, 11) is 1.71. The van der Waals surface area contributed by atoms with Gasteiger partial charge in [0.2, 0.25) is 0 Å². The van der Waals surface area contributed by atoms with E-state index in [1.54, 1.807) is 16.8 Å². The highest BCUT2D eigenvalue weighted by Crippen LogP contribution is 2.38. The minimum Gasteiger partial charge on any atom is -0.327 e. The molecule has 1 atom stereocenters. The Hall–Kier alpha value is -3.08. The molecular weight excluding hydrogens is 326 g/mol. The highest BCUT2D eigenvalue weighted by Gasteiger charge is 2.43. The van der Waals surface area contributed by atoms with E-state index in [0.717, 1.165) is 28.1 Å². The maximum atomic E-state index is 13.3. The van der Waals surface area contributed by atoms with Crippen molar-refractivity contribution in [2.75, 3.05) is 18.5 Å². The minimum atomic E-state index is -0.419. The molecule has 0 spiro atoms. The number of carbonyl (C=O) groups excluding carboxylic acids is 2. The number of rotatable bonds is 2. The van der Waals surface area contributed by atoms with E-state index < -0.39 is 6.04 Å². The average Bonchev–Trinajstić information content (AvgIpc) is 2.98. The fraction of sp³-hybridized carbons (Fsp3) is 0.238. The summed E-state index contributed by atoms with van der Waals surface area (Å²) in [6.45, 7) is 4.42. The van der Waals surface area contributed by atoms with Crippen molar-refractivity contribution in [1.29, 1.82) is 0 Å². The molecule has 3 amide bonds. The van der Waals surface area contributed by atoms with Gasteiger partial charge in [0.1, 0.15) is 0 Å². The monoisotopic (exact) mass is 347 g/mol. The Bertz CT molecular complexity index is 934. The van der Waals surface area contributed by atoms with Crippen LogP contribution < -0.4 is 10.2 Å². The fourth-order valence-electron chi connectivity index (χ4n) is 3.67. The van der Waals surface area contributed by atoms with Crippen molar-refractivity contribution < 1.29 is 9.59 Å². The van der Waals surface area contributed by atoms with Crippen molar-refractivity contribution >= 4 is 17.6 Å². The first-order chi connectivity index (χ1) is 12.5. The minimum absolute atomic E-state index is 0.0468. The smallest absolute Gasteiger partial charge is 0.322 e. The van der Waals surface area contributed by atoms with Gasteiger partial charge < -0.3 is 10.2 Å². The second-order valence-electron chi connectivity index (χ2n) is 6.89. The molecule has 0 fully saturated rings. The maximum absolute atomic E-state index is 13.3. The van der Waals surface area contributed by atoms with Gasteiger partial charge in [-0.1, -0.05) is 42.5 Å². The van der Waals surface area contributed by atoms with Crippen LogP contribution >= 0.6 is 0 Å². The summed E-state index contributed by atoms with van der Waals surface area (Å²) in [6.07, 6.45) is 0. The van der Waals surface area contributed by atoms with Crippen LogP contribution in [-0.2, 0) is 4.79 Å². The Morgan fingerprint density at radius 1 is 1.04 bits per heavy atom. The molecule has 0 saturated heterocycles. The normalized spacial score (nSPS) is 19.7. The molecule has 5 nitrogen and oxygen atoms in total. The summed E-state index contributed by atoms with van der Waals surface area (Å²) >= 11 is 0. The molecule has 0 radical (unpaired) electrons. The first-order valence-corrected chi connectivity index (χ1v) is 8.68. The Morgan fingerprint density at radius 2 is 1.77 bits per heavy atom. The molecule has 0 bridgehead atoms. The standard InChI is InChI=1S/C21H21N3O2/c1-13-9-10-14(2)16(11-13)24-12-17-18(20(24)25)19(22-21(26)23(17)3)15-7-5-4-6-8-15/h4-11,19H,12H2,1-3H3,(H,22,26). The Morgan fingerprint density at radius 3 is 2.50 bits per heavy atom. The Kier molecular flexibility index (Phi) is 3.80. The molecule has 2 aromatic rings. The first-order valence-electron chi connectivity index (χ1n) is 8.68. The lowest BCUT2D eigenvalue weighted by atomic mass is 9.96. The number of benzene rings is 2. The summed E-state index contributed by atoms with van der Waals surface area (Å²) in [5.74, 6) is -0.0468. The van der Waals surface area contributed by atoms with Gasteiger partial charge in [0, 0.05) is 12.7 Å². The molecule has 0 aliphatic carbocycles. The lowest BCUT2D eigenvalue weighted by Gasteiger charge is -2.31. The van der Waals surface area contributed by atoms with Crippen molar-refractivity contribution in [2.24, 2.45) is 0 Å². The largest absolute Gasteiger partial charge is 0.327 e. The van der Waals surface area contributed by atoms with E-state index in [1.165, 1.54) is 0 Å². The molecule has 0 aromatic heterocycles. The van der Waals surface area contributed by atoms with Gasteiger partial charge in [-0.2, -0.15) is 0 Å². The highest BCUT2D eigenvalue weighted by molar-refractivity contribution is 6.12. The summed E-state index contributed by atoms with van der Waals surface area (Å²) in [6, 6.07) is 15.1. The molecule has 1 unspecified atom stereocenters. The molecule has 26 heavy (non-hydrogen) atoms. The van der Waals surface area contributed by atoms with E-state index in [9.17, 15) is 9.59 Å². The van der Waals surface area contributed by atoms with Gasteiger partial charge in [0.05, 0.1) is 23.9 Å². The summed E-state index contributed by atoms with van der Waals surface area (Å²) in [4.78, 5) is 29.1. The van der Waals surface area contributed by atoms with Crippen LogP contribution in [0.3, 0.4) is 0 Å². The molecule has 1 N–H and O–H groups in total. The number of anilines is 1. The number of nitrogens with zero attached hydrogens (tertiary/aromatic N) is 2. The zero-order chi connectivity index (χ0) is 18.4. The third kappa shape index (κ3) is 2.47. The Labute approximate surface area is 152 Å². The lowest BCUT2D eigenvalue weighted by molar-refractivity contribution is -0.114. The number of aryl methyl sites for hydroxylation is 2. The number of hydrogen-bond acceptors (Lipinski definition) is 2. The van der Waals surface area contributed by atoms with Crippen molar-refractivity contribution in [3.05, 3.63) is 76.5 Å². The number of urea groups is 1. The maximum Gasteiger partial charge on any atom is 0.322 e. The van der Waals surface area contributed by atoms with E-state index in [0.29, 0.717) is 12.1 Å². The van der Waals surface area contributed by atoms with Gasteiger partial charge in [0.25, 0.3) is 5.91 Å². The van der Waals surface area contributed by atoms with Gasteiger partial charge in [-0.15, -0.1) is 0 Å². The van der Waals surface area contributed by atoms with Crippen LogP contribution in [0.5, 0.6) is 0 Å². The van der Waals surface area contributed by atoms with Crippen molar-refractivity contribution in [1.82, 2.24) is 10.2 Å². The van der Waals surface area contributed by atoms with Crippen LogP contribution in [0.15, 0.2) is 59.8 Å². The molecule has 2 aliphatic heterocycles. The third-order valence-corrected chi connectivity index (χ3v) is 5.15. The van der Waals surface area contributed by atoms with Crippen LogP contribution in [0, 0.1) is 13.8 Å². The van der Waals surface area contributed by atoms with Crippen LogP contribution in [0.2, 0.25) is 0 Å². The number of hydrogen-bond donors (Lipinski definition) is 1. The van der Waals surface area contributed by atoms with Crippen LogP contribution in [0.1, 0.15) is 22.7 Å². The SMILES string of the molecule is Cc1ccc(C)c(N2CC3=C(C2=O)C(c2ccccc2)NC(=O)N3C)c1. The molecule has 4 rings (SSSR count). The van der Waals surface area contributed by atoms with E-state index in [-0.39, 0.29) is 11.9 Å². The summed E-state index contributed by atoms with van der Waals surface area (Å²) < 4.78 is 0. The number of likely N-dealkylation sites (N-methyl/N-ethyl adjacent to an activating group) is 1. The van der Waals surface area contributed by atoms with Gasteiger partial charge in [-0.25, -0.2) is 4.79 Å². The molecule has 132 valence electrons.